The summed E-state index contributed by atoms with van der Waals surface area (Å²) in [6, 6.07) is 3.02. The minimum atomic E-state index is -0.476. The van der Waals surface area contributed by atoms with E-state index in [-0.39, 0.29) is 35.3 Å². The van der Waals surface area contributed by atoms with Crippen LogP contribution in [0.1, 0.15) is 23.0 Å². The molecule has 0 saturated carbocycles. The van der Waals surface area contributed by atoms with E-state index in [1.807, 2.05) is 6.92 Å². The van der Waals surface area contributed by atoms with Crippen LogP contribution in [0.5, 0.6) is 0 Å². The monoisotopic (exact) mass is 305 g/mol. The summed E-state index contributed by atoms with van der Waals surface area (Å²) in [5.41, 5.74) is 5.90. The molecule has 1 aliphatic heterocycles. The van der Waals surface area contributed by atoms with Crippen molar-refractivity contribution in [1.82, 2.24) is 4.90 Å². The number of carbonyl (C=O) groups excluding carboxylic acids is 1. The smallest absolute Gasteiger partial charge is 0.324 e. The second-order valence-corrected chi connectivity index (χ2v) is 5.64. The molecule has 1 aliphatic rings. The topological polar surface area (TPSA) is 89.5 Å². The van der Waals surface area contributed by atoms with Crippen LogP contribution in [0, 0.1) is 16.0 Å². The summed E-state index contributed by atoms with van der Waals surface area (Å²) in [6.45, 7) is 3.25. The van der Waals surface area contributed by atoms with Crippen molar-refractivity contribution < 1.29 is 9.72 Å². The minimum absolute atomic E-state index is 0. The highest BCUT2D eigenvalue weighted by molar-refractivity contribution is 7.17. The first kappa shape index (κ1) is 15.9. The van der Waals surface area contributed by atoms with Gasteiger partial charge in [0.2, 0.25) is 0 Å². The third-order valence-electron chi connectivity index (χ3n) is 3.24. The second kappa shape index (κ2) is 6.31. The molecule has 1 aromatic rings. The first-order chi connectivity index (χ1) is 8.49. The number of hydrogen-bond acceptors (Lipinski definition) is 5. The van der Waals surface area contributed by atoms with E-state index < -0.39 is 4.92 Å². The van der Waals surface area contributed by atoms with E-state index in [0.717, 1.165) is 17.8 Å². The van der Waals surface area contributed by atoms with Crippen molar-refractivity contribution in [3.63, 3.8) is 0 Å². The fourth-order valence-corrected chi connectivity index (χ4v) is 2.83. The highest BCUT2D eigenvalue weighted by Crippen LogP contribution is 2.26. The Kier molecular flexibility index (Phi) is 5.28. The van der Waals surface area contributed by atoms with Crippen LogP contribution in [0.25, 0.3) is 0 Å². The summed E-state index contributed by atoms with van der Waals surface area (Å²) in [5.74, 6) is 0.129. The Labute approximate surface area is 121 Å². The van der Waals surface area contributed by atoms with Crippen molar-refractivity contribution in [1.29, 1.82) is 0 Å². The number of hydrogen-bond donors (Lipinski definition) is 1. The summed E-state index contributed by atoms with van der Waals surface area (Å²) in [6.07, 6.45) is 0.778. The number of nitro groups is 1. The average molecular weight is 306 g/mol. The Morgan fingerprint density at radius 3 is 2.79 bits per heavy atom. The van der Waals surface area contributed by atoms with E-state index in [1.165, 1.54) is 12.1 Å². The van der Waals surface area contributed by atoms with Gasteiger partial charge >= 0.3 is 5.00 Å². The summed E-state index contributed by atoms with van der Waals surface area (Å²) in [7, 11) is 0. The summed E-state index contributed by atoms with van der Waals surface area (Å²) in [4.78, 5) is 24.4. The average Bonchev–Trinajstić information content (AvgIpc) is 2.81. The van der Waals surface area contributed by atoms with Gasteiger partial charge in [-0.15, -0.1) is 12.4 Å². The molecule has 0 spiro atoms. The van der Waals surface area contributed by atoms with Crippen LogP contribution < -0.4 is 5.73 Å². The van der Waals surface area contributed by atoms with Gasteiger partial charge in [0.15, 0.2) is 0 Å². The number of carbonyl (C=O) groups is 1. The maximum atomic E-state index is 12.2. The molecule has 2 rings (SSSR count). The van der Waals surface area contributed by atoms with E-state index in [9.17, 15) is 14.9 Å². The van der Waals surface area contributed by atoms with Crippen LogP contribution in [-0.4, -0.2) is 34.9 Å². The van der Waals surface area contributed by atoms with Gasteiger partial charge in [-0.25, -0.2) is 0 Å². The van der Waals surface area contributed by atoms with Gasteiger partial charge in [-0.2, -0.15) is 0 Å². The SMILES string of the molecule is CC1CN(C(=O)c2ccc([N+](=O)[O-])s2)CCC1N.Cl. The zero-order chi connectivity index (χ0) is 13.3. The minimum Gasteiger partial charge on any atom is -0.338 e. The van der Waals surface area contributed by atoms with E-state index >= 15 is 0 Å². The highest BCUT2D eigenvalue weighted by atomic mass is 35.5. The van der Waals surface area contributed by atoms with Gasteiger partial charge in [0.05, 0.1) is 9.80 Å². The molecule has 0 aromatic carbocycles. The van der Waals surface area contributed by atoms with Crippen LogP contribution in [0.3, 0.4) is 0 Å². The molecule has 1 fully saturated rings. The van der Waals surface area contributed by atoms with Gasteiger partial charge in [0, 0.05) is 25.2 Å². The summed E-state index contributed by atoms with van der Waals surface area (Å²) in [5, 5.41) is 10.6. The van der Waals surface area contributed by atoms with Crippen LogP contribution >= 0.6 is 23.7 Å². The first-order valence-electron chi connectivity index (χ1n) is 5.78. The van der Waals surface area contributed by atoms with Crippen molar-refractivity contribution in [2.24, 2.45) is 11.7 Å². The summed E-state index contributed by atoms with van der Waals surface area (Å²) >= 11 is 0.923. The molecule has 0 radical (unpaired) electrons. The number of nitrogens with two attached hydrogens (primary N) is 1. The molecule has 2 heterocycles. The van der Waals surface area contributed by atoms with Crippen molar-refractivity contribution in [3.05, 3.63) is 27.1 Å². The van der Waals surface area contributed by atoms with Gasteiger partial charge in [-0.1, -0.05) is 18.3 Å². The molecule has 6 nitrogen and oxygen atoms in total. The van der Waals surface area contributed by atoms with Gasteiger partial charge in [-0.3, -0.25) is 14.9 Å². The maximum absolute atomic E-state index is 12.2. The lowest BCUT2D eigenvalue weighted by Crippen LogP contribution is -2.48. The normalized spacial score (nSPS) is 22.7. The molecule has 2 unspecified atom stereocenters. The fraction of sp³-hybridized carbons (Fsp3) is 0.545. The molecule has 1 aromatic heterocycles. The molecule has 1 saturated heterocycles. The molecule has 2 atom stereocenters. The number of piperidine rings is 1. The van der Waals surface area contributed by atoms with Crippen molar-refractivity contribution in [2.75, 3.05) is 13.1 Å². The number of rotatable bonds is 2. The lowest BCUT2D eigenvalue weighted by atomic mass is 9.95. The van der Waals surface area contributed by atoms with Crippen molar-refractivity contribution in [2.45, 2.75) is 19.4 Å². The van der Waals surface area contributed by atoms with Crippen LogP contribution in [0.4, 0.5) is 5.00 Å². The first-order valence-corrected chi connectivity index (χ1v) is 6.59. The zero-order valence-electron chi connectivity index (χ0n) is 10.4. The largest absolute Gasteiger partial charge is 0.338 e. The summed E-state index contributed by atoms with van der Waals surface area (Å²) < 4.78 is 0. The van der Waals surface area contributed by atoms with E-state index in [2.05, 4.69) is 0 Å². The van der Waals surface area contributed by atoms with Gasteiger partial charge in [0.25, 0.3) is 5.91 Å². The highest BCUT2D eigenvalue weighted by Gasteiger charge is 2.28. The third kappa shape index (κ3) is 3.43. The molecule has 1 amide bonds. The predicted molar refractivity (Wildman–Crippen MR) is 75.9 cm³/mol. The number of thiophene rings is 1. The standard InChI is InChI=1S/C11H15N3O3S.ClH/c1-7-6-13(5-4-8(7)12)11(15)9-2-3-10(18-9)14(16)17;/h2-3,7-8H,4-6,12H2,1H3;1H. The maximum Gasteiger partial charge on any atom is 0.324 e. The Bertz CT molecular complexity index is 480. The Morgan fingerprint density at radius 1 is 1.58 bits per heavy atom. The van der Waals surface area contributed by atoms with E-state index in [0.29, 0.717) is 18.0 Å². The fourth-order valence-electron chi connectivity index (χ4n) is 2.04. The van der Waals surface area contributed by atoms with Crippen LogP contribution in [-0.2, 0) is 0 Å². The second-order valence-electron chi connectivity index (χ2n) is 4.58. The molecule has 8 heteroatoms. The lowest BCUT2D eigenvalue weighted by molar-refractivity contribution is -0.380. The van der Waals surface area contributed by atoms with E-state index in [1.54, 1.807) is 4.90 Å². The zero-order valence-corrected chi connectivity index (χ0v) is 12.1. The van der Waals surface area contributed by atoms with Crippen LogP contribution in [0.2, 0.25) is 0 Å². The molecular formula is C11H16ClN3O3S. The Balaban J connectivity index is 0.00000180. The van der Waals surface area contributed by atoms with E-state index in [4.69, 9.17) is 5.73 Å². The van der Waals surface area contributed by atoms with Gasteiger partial charge in [-0.05, 0) is 18.4 Å². The molecular weight excluding hydrogens is 290 g/mol. The Hall–Kier alpha value is -1.18. The quantitative estimate of drug-likeness (QED) is 0.667. The van der Waals surface area contributed by atoms with Crippen molar-refractivity contribution >= 4 is 34.7 Å². The molecule has 0 bridgehead atoms. The van der Waals surface area contributed by atoms with Crippen LogP contribution in [0.15, 0.2) is 12.1 Å². The van der Waals surface area contributed by atoms with Crippen molar-refractivity contribution in [3.8, 4) is 0 Å². The molecule has 106 valence electrons. The molecule has 0 aliphatic carbocycles. The molecule has 2 N–H and O–H groups in total. The Morgan fingerprint density at radius 2 is 2.26 bits per heavy atom. The number of halogens is 1. The lowest BCUT2D eigenvalue weighted by Gasteiger charge is -2.34. The molecule has 19 heavy (non-hydrogen) atoms. The number of nitrogens with zero attached hydrogens (tertiary/aromatic N) is 2. The third-order valence-corrected chi connectivity index (χ3v) is 4.27. The van der Waals surface area contributed by atoms with Gasteiger partial charge < -0.3 is 10.6 Å². The predicted octanol–water partition coefficient (Wildman–Crippen LogP) is 1.89. The van der Waals surface area contributed by atoms with Gasteiger partial charge in [0.1, 0.15) is 0 Å². The number of likely N-dealkylation sites (tertiary alicyclic amines) is 1. The number of amides is 1.